The van der Waals surface area contributed by atoms with E-state index in [4.69, 9.17) is 9.47 Å². The summed E-state index contributed by atoms with van der Waals surface area (Å²) in [6.07, 6.45) is 1.74. The highest BCUT2D eigenvalue weighted by molar-refractivity contribution is 7.10. The third kappa shape index (κ3) is 5.82. The van der Waals surface area contributed by atoms with Crippen LogP contribution in [0.4, 0.5) is 5.69 Å². The SMILES string of the molecule is COc1cccc(C)c1NC(=O)c1csc(C2CCN(C(=O)c3ccc(OC(C)C)cc3)CC2)n1. The highest BCUT2D eigenvalue weighted by Gasteiger charge is 2.27. The van der Waals surface area contributed by atoms with Gasteiger partial charge in [0.25, 0.3) is 11.8 Å². The summed E-state index contributed by atoms with van der Waals surface area (Å²) in [5.74, 6) is 1.40. The molecule has 184 valence electrons. The number of para-hydroxylation sites is 1. The van der Waals surface area contributed by atoms with E-state index in [1.165, 1.54) is 11.3 Å². The Labute approximate surface area is 210 Å². The number of benzene rings is 2. The maximum atomic E-state index is 12.9. The molecule has 2 aromatic carbocycles. The van der Waals surface area contributed by atoms with Crippen LogP contribution in [0, 0.1) is 6.92 Å². The number of thiazole rings is 1. The standard InChI is InChI=1S/C27H31N3O4S/c1-17(2)34-21-10-8-20(9-11-21)27(32)30-14-12-19(13-15-30)26-28-22(16-35-26)25(31)29-24-18(3)6-5-7-23(24)33-4/h5-11,16-17,19H,12-15H2,1-4H3,(H,29,31). The molecule has 0 radical (unpaired) electrons. The number of carbonyl (C=O) groups is 2. The van der Waals surface area contributed by atoms with E-state index >= 15 is 0 Å². The van der Waals surface area contributed by atoms with Crippen molar-refractivity contribution in [2.24, 2.45) is 0 Å². The monoisotopic (exact) mass is 493 g/mol. The first kappa shape index (κ1) is 24.7. The van der Waals surface area contributed by atoms with Gasteiger partial charge in [0, 0.05) is 30.0 Å². The van der Waals surface area contributed by atoms with Crippen molar-refractivity contribution in [3.63, 3.8) is 0 Å². The lowest BCUT2D eigenvalue weighted by Gasteiger charge is -2.31. The van der Waals surface area contributed by atoms with Crippen LogP contribution in [-0.2, 0) is 0 Å². The number of piperidine rings is 1. The number of hydrogen-bond donors (Lipinski definition) is 1. The van der Waals surface area contributed by atoms with Crippen molar-refractivity contribution in [1.82, 2.24) is 9.88 Å². The summed E-state index contributed by atoms with van der Waals surface area (Å²) in [7, 11) is 1.58. The number of amides is 2. The van der Waals surface area contributed by atoms with Crippen molar-refractivity contribution in [2.75, 3.05) is 25.5 Å². The average Bonchev–Trinajstić information content (AvgIpc) is 3.35. The predicted octanol–water partition coefficient (Wildman–Crippen LogP) is 5.52. The molecule has 8 heteroatoms. The highest BCUT2D eigenvalue weighted by atomic mass is 32.1. The maximum absolute atomic E-state index is 12.9. The molecular weight excluding hydrogens is 462 g/mol. The minimum Gasteiger partial charge on any atom is -0.495 e. The number of rotatable bonds is 7. The smallest absolute Gasteiger partial charge is 0.275 e. The zero-order chi connectivity index (χ0) is 24.9. The molecule has 35 heavy (non-hydrogen) atoms. The van der Waals surface area contributed by atoms with Crippen LogP contribution in [0.2, 0.25) is 0 Å². The second-order valence-electron chi connectivity index (χ2n) is 8.93. The van der Waals surface area contributed by atoms with Gasteiger partial charge in [0.15, 0.2) is 0 Å². The molecule has 0 atom stereocenters. The van der Waals surface area contributed by atoms with E-state index in [2.05, 4.69) is 10.3 Å². The number of methoxy groups -OCH3 is 1. The minimum absolute atomic E-state index is 0.0333. The van der Waals surface area contributed by atoms with Crippen LogP contribution in [0.1, 0.15) is 64.0 Å². The third-order valence-electron chi connectivity index (χ3n) is 6.05. The fourth-order valence-electron chi connectivity index (χ4n) is 4.19. The van der Waals surface area contributed by atoms with Crippen molar-refractivity contribution in [3.05, 3.63) is 69.7 Å². The Kier molecular flexibility index (Phi) is 7.70. The fraction of sp³-hybridized carbons (Fsp3) is 0.370. The molecule has 4 rings (SSSR count). The van der Waals surface area contributed by atoms with Gasteiger partial charge in [0.05, 0.1) is 23.9 Å². The molecule has 0 bridgehead atoms. The van der Waals surface area contributed by atoms with Crippen LogP contribution in [-0.4, -0.2) is 48.0 Å². The van der Waals surface area contributed by atoms with Gasteiger partial charge in [-0.1, -0.05) is 12.1 Å². The van der Waals surface area contributed by atoms with E-state index in [1.807, 2.05) is 68.1 Å². The molecule has 1 aromatic heterocycles. The van der Waals surface area contributed by atoms with Gasteiger partial charge in [-0.05, 0) is 69.5 Å². The Morgan fingerprint density at radius 1 is 1.11 bits per heavy atom. The Hall–Kier alpha value is -3.39. The van der Waals surface area contributed by atoms with E-state index in [0.717, 1.165) is 29.2 Å². The van der Waals surface area contributed by atoms with E-state index in [0.29, 0.717) is 35.8 Å². The summed E-state index contributed by atoms with van der Waals surface area (Å²) >= 11 is 1.50. The Bertz CT molecular complexity index is 1180. The minimum atomic E-state index is -0.252. The molecule has 3 aromatic rings. The Balaban J connectivity index is 1.34. The molecule has 0 saturated carbocycles. The number of carbonyl (C=O) groups excluding carboxylic acids is 2. The first-order valence-electron chi connectivity index (χ1n) is 11.8. The zero-order valence-corrected chi connectivity index (χ0v) is 21.4. The quantitative estimate of drug-likeness (QED) is 0.469. The molecule has 0 spiro atoms. The highest BCUT2D eigenvalue weighted by Crippen LogP contribution is 2.32. The molecular formula is C27H31N3O4S. The first-order valence-corrected chi connectivity index (χ1v) is 12.7. The second kappa shape index (κ2) is 10.9. The zero-order valence-electron chi connectivity index (χ0n) is 20.5. The number of likely N-dealkylation sites (tertiary alicyclic amines) is 1. The van der Waals surface area contributed by atoms with Crippen LogP contribution in [0.25, 0.3) is 0 Å². The molecule has 2 heterocycles. The molecule has 1 fully saturated rings. The number of nitrogens with one attached hydrogen (secondary N) is 1. The molecule has 2 amide bonds. The summed E-state index contributed by atoms with van der Waals surface area (Å²) < 4.78 is 11.0. The van der Waals surface area contributed by atoms with Crippen molar-refractivity contribution in [1.29, 1.82) is 0 Å². The number of aryl methyl sites for hydroxylation is 1. The van der Waals surface area contributed by atoms with Crippen LogP contribution in [0.3, 0.4) is 0 Å². The maximum Gasteiger partial charge on any atom is 0.275 e. The van der Waals surface area contributed by atoms with Crippen LogP contribution in [0.15, 0.2) is 47.8 Å². The molecule has 1 saturated heterocycles. The number of aromatic nitrogens is 1. The van der Waals surface area contributed by atoms with E-state index in [-0.39, 0.29) is 23.8 Å². The van der Waals surface area contributed by atoms with Gasteiger partial charge in [-0.3, -0.25) is 9.59 Å². The predicted molar refractivity (Wildman–Crippen MR) is 138 cm³/mol. The number of anilines is 1. The normalized spacial score (nSPS) is 14.1. The van der Waals surface area contributed by atoms with Crippen LogP contribution < -0.4 is 14.8 Å². The van der Waals surface area contributed by atoms with Crippen LogP contribution in [0.5, 0.6) is 11.5 Å². The summed E-state index contributed by atoms with van der Waals surface area (Å²) in [5, 5.41) is 5.67. The van der Waals surface area contributed by atoms with Crippen molar-refractivity contribution < 1.29 is 19.1 Å². The lowest BCUT2D eigenvalue weighted by Crippen LogP contribution is -2.37. The van der Waals surface area contributed by atoms with Gasteiger partial charge < -0.3 is 19.7 Å². The molecule has 0 aliphatic carbocycles. The lowest BCUT2D eigenvalue weighted by atomic mass is 9.97. The summed E-state index contributed by atoms with van der Waals surface area (Å²) in [6, 6.07) is 13.0. The van der Waals surface area contributed by atoms with Crippen molar-refractivity contribution in [3.8, 4) is 11.5 Å². The van der Waals surface area contributed by atoms with Gasteiger partial charge in [0.2, 0.25) is 0 Å². The van der Waals surface area contributed by atoms with Gasteiger partial charge >= 0.3 is 0 Å². The summed E-state index contributed by atoms with van der Waals surface area (Å²) in [4.78, 5) is 32.3. The first-order chi connectivity index (χ1) is 16.9. The van der Waals surface area contributed by atoms with Crippen molar-refractivity contribution >= 4 is 28.8 Å². The van der Waals surface area contributed by atoms with E-state index < -0.39 is 0 Å². The van der Waals surface area contributed by atoms with Gasteiger partial charge in [-0.2, -0.15) is 0 Å². The largest absolute Gasteiger partial charge is 0.495 e. The van der Waals surface area contributed by atoms with Gasteiger partial charge in [-0.15, -0.1) is 11.3 Å². The van der Waals surface area contributed by atoms with Gasteiger partial charge in [-0.25, -0.2) is 4.98 Å². The molecule has 1 N–H and O–H groups in total. The van der Waals surface area contributed by atoms with Gasteiger partial charge in [0.1, 0.15) is 17.2 Å². The molecule has 1 aliphatic heterocycles. The topological polar surface area (TPSA) is 80.8 Å². The average molecular weight is 494 g/mol. The van der Waals surface area contributed by atoms with E-state index in [9.17, 15) is 9.59 Å². The summed E-state index contributed by atoms with van der Waals surface area (Å²) in [5.41, 5.74) is 2.65. The molecule has 1 aliphatic rings. The fourth-order valence-corrected chi connectivity index (χ4v) is 5.16. The van der Waals surface area contributed by atoms with E-state index in [1.54, 1.807) is 12.5 Å². The Morgan fingerprint density at radius 2 is 1.83 bits per heavy atom. The number of ether oxygens (including phenoxy) is 2. The lowest BCUT2D eigenvalue weighted by molar-refractivity contribution is 0.0713. The third-order valence-corrected chi connectivity index (χ3v) is 7.06. The van der Waals surface area contributed by atoms with Crippen molar-refractivity contribution in [2.45, 2.75) is 45.6 Å². The number of nitrogens with zero attached hydrogens (tertiary/aromatic N) is 2. The molecule has 7 nitrogen and oxygen atoms in total. The number of hydrogen-bond acceptors (Lipinski definition) is 6. The summed E-state index contributed by atoms with van der Waals surface area (Å²) in [6.45, 7) is 7.20. The second-order valence-corrected chi connectivity index (χ2v) is 9.82. The Morgan fingerprint density at radius 3 is 2.49 bits per heavy atom. The molecule has 0 unspecified atom stereocenters. The van der Waals surface area contributed by atoms with Crippen LogP contribution >= 0.6 is 11.3 Å².